The molecule has 132 valence electrons. The van der Waals surface area contributed by atoms with Crippen molar-refractivity contribution in [1.29, 1.82) is 0 Å². The average Bonchev–Trinajstić information content (AvgIpc) is 3.05. The maximum atomic E-state index is 12.0. The number of ether oxygens (including phenoxy) is 2. The van der Waals surface area contributed by atoms with Crippen LogP contribution in [0.2, 0.25) is 0 Å². The second kappa shape index (κ2) is 8.04. The van der Waals surface area contributed by atoms with Gasteiger partial charge < -0.3 is 14.8 Å². The topological polar surface area (TPSA) is 90.6 Å². The van der Waals surface area contributed by atoms with Crippen molar-refractivity contribution in [2.75, 3.05) is 25.6 Å². The van der Waals surface area contributed by atoms with Crippen LogP contribution < -0.4 is 15.6 Å². The first kappa shape index (κ1) is 17.3. The van der Waals surface area contributed by atoms with Crippen molar-refractivity contribution in [1.82, 2.24) is 19.6 Å². The van der Waals surface area contributed by atoms with Crippen molar-refractivity contribution in [3.63, 3.8) is 0 Å². The summed E-state index contributed by atoms with van der Waals surface area (Å²) < 4.78 is 11.7. The maximum Gasteiger partial charge on any atom is 0.275 e. The molecule has 9 heteroatoms. The molecule has 0 saturated heterocycles. The molecule has 0 aliphatic heterocycles. The number of hydrogen-bond acceptors (Lipinski definition) is 8. The van der Waals surface area contributed by atoms with E-state index in [0.29, 0.717) is 35.7 Å². The molecule has 0 fully saturated rings. The van der Waals surface area contributed by atoms with E-state index in [-0.39, 0.29) is 5.56 Å². The highest BCUT2D eigenvalue weighted by molar-refractivity contribution is 7.20. The number of methoxy groups -OCH3 is 1. The Labute approximate surface area is 148 Å². The molecule has 0 aromatic carbocycles. The van der Waals surface area contributed by atoms with Gasteiger partial charge in [0.05, 0.1) is 6.61 Å². The standard InChI is InChI=1S/C16H19N5O3S/c1-3-12-8-14(22)21-16(19-12)25-15(20-21)18-10-11-4-5-13(17-9-11)24-7-6-23-2/h4-5,8-9H,3,6-7,10H2,1-2H3,(H,18,20). The summed E-state index contributed by atoms with van der Waals surface area (Å²) in [5, 5.41) is 8.09. The Balaban J connectivity index is 1.64. The smallest absolute Gasteiger partial charge is 0.275 e. The van der Waals surface area contributed by atoms with Crippen molar-refractivity contribution in [3.8, 4) is 5.88 Å². The van der Waals surface area contributed by atoms with Gasteiger partial charge in [-0.15, -0.1) is 5.10 Å². The van der Waals surface area contributed by atoms with Gasteiger partial charge in [-0.1, -0.05) is 24.3 Å². The van der Waals surface area contributed by atoms with E-state index in [1.165, 1.54) is 21.9 Å². The van der Waals surface area contributed by atoms with Crippen LogP contribution in [0.5, 0.6) is 5.88 Å². The van der Waals surface area contributed by atoms with Crippen molar-refractivity contribution < 1.29 is 9.47 Å². The maximum absolute atomic E-state index is 12.0. The molecule has 3 rings (SSSR count). The van der Waals surface area contributed by atoms with E-state index in [0.717, 1.165) is 17.7 Å². The summed E-state index contributed by atoms with van der Waals surface area (Å²) in [7, 11) is 1.63. The number of rotatable bonds is 8. The highest BCUT2D eigenvalue weighted by atomic mass is 32.1. The molecule has 0 spiro atoms. The van der Waals surface area contributed by atoms with E-state index in [9.17, 15) is 4.79 Å². The fourth-order valence-electron chi connectivity index (χ4n) is 2.12. The number of hydrogen-bond donors (Lipinski definition) is 1. The van der Waals surface area contributed by atoms with Crippen LogP contribution in [0.25, 0.3) is 4.96 Å². The lowest BCUT2D eigenvalue weighted by Gasteiger charge is -2.06. The minimum absolute atomic E-state index is 0.162. The molecule has 8 nitrogen and oxygen atoms in total. The van der Waals surface area contributed by atoms with Gasteiger partial charge in [-0.05, 0) is 12.0 Å². The van der Waals surface area contributed by atoms with Crippen molar-refractivity contribution >= 4 is 21.4 Å². The Morgan fingerprint density at radius 1 is 1.32 bits per heavy atom. The normalized spacial score (nSPS) is 11.0. The van der Waals surface area contributed by atoms with Crippen LogP contribution in [-0.4, -0.2) is 39.9 Å². The summed E-state index contributed by atoms with van der Waals surface area (Å²) in [4.78, 5) is 21.2. The zero-order valence-electron chi connectivity index (χ0n) is 14.1. The first-order valence-corrected chi connectivity index (χ1v) is 8.71. The Bertz CT molecular complexity index is 891. The van der Waals surface area contributed by atoms with E-state index >= 15 is 0 Å². The molecule has 0 bridgehead atoms. The van der Waals surface area contributed by atoms with Gasteiger partial charge >= 0.3 is 0 Å². The fourth-order valence-corrected chi connectivity index (χ4v) is 2.94. The van der Waals surface area contributed by atoms with E-state index < -0.39 is 0 Å². The molecule has 3 aromatic rings. The van der Waals surface area contributed by atoms with Gasteiger partial charge in [-0.25, -0.2) is 9.97 Å². The highest BCUT2D eigenvalue weighted by Gasteiger charge is 2.08. The molecule has 0 unspecified atom stereocenters. The van der Waals surface area contributed by atoms with E-state index in [4.69, 9.17) is 9.47 Å². The van der Waals surface area contributed by atoms with Crippen LogP contribution in [0.15, 0.2) is 29.2 Å². The lowest BCUT2D eigenvalue weighted by Crippen LogP contribution is -2.15. The molecule has 0 amide bonds. The average molecular weight is 361 g/mol. The molecular weight excluding hydrogens is 342 g/mol. The SMILES string of the molecule is CCc1cc(=O)n2nc(NCc3ccc(OCCOC)nc3)sc2n1. The highest BCUT2D eigenvalue weighted by Crippen LogP contribution is 2.18. The molecule has 0 atom stereocenters. The van der Waals surface area contributed by atoms with Gasteiger partial charge in [-0.2, -0.15) is 4.52 Å². The summed E-state index contributed by atoms with van der Waals surface area (Å²) in [6.45, 7) is 3.50. The Morgan fingerprint density at radius 3 is 2.92 bits per heavy atom. The molecule has 0 aliphatic carbocycles. The summed E-state index contributed by atoms with van der Waals surface area (Å²) >= 11 is 1.35. The van der Waals surface area contributed by atoms with Gasteiger partial charge in [0.1, 0.15) is 6.61 Å². The zero-order chi connectivity index (χ0) is 17.6. The summed E-state index contributed by atoms with van der Waals surface area (Å²) in [5.41, 5.74) is 1.59. The number of nitrogens with zero attached hydrogens (tertiary/aromatic N) is 4. The second-order valence-corrected chi connectivity index (χ2v) is 6.20. The minimum atomic E-state index is -0.162. The van der Waals surface area contributed by atoms with Crippen molar-refractivity contribution in [3.05, 3.63) is 46.0 Å². The van der Waals surface area contributed by atoms with Gasteiger partial charge in [0.2, 0.25) is 16.0 Å². The predicted molar refractivity (Wildman–Crippen MR) is 95.4 cm³/mol. The van der Waals surface area contributed by atoms with E-state index in [1.807, 2.05) is 19.1 Å². The quantitative estimate of drug-likeness (QED) is 0.611. The summed E-state index contributed by atoms with van der Waals surface area (Å²) in [6, 6.07) is 5.25. The lowest BCUT2D eigenvalue weighted by molar-refractivity contribution is 0.143. The van der Waals surface area contributed by atoms with Crippen LogP contribution in [0, 0.1) is 0 Å². The largest absolute Gasteiger partial charge is 0.475 e. The van der Waals surface area contributed by atoms with Gasteiger partial charge in [0.25, 0.3) is 5.56 Å². The number of anilines is 1. The molecule has 3 heterocycles. The number of pyridine rings is 1. The molecule has 0 saturated carbocycles. The Kier molecular flexibility index (Phi) is 5.56. The third kappa shape index (κ3) is 4.31. The lowest BCUT2D eigenvalue weighted by atomic mass is 10.3. The van der Waals surface area contributed by atoms with Gasteiger partial charge in [0.15, 0.2) is 0 Å². The number of fused-ring (bicyclic) bond motifs is 1. The van der Waals surface area contributed by atoms with E-state index in [1.54, 1.807) is 13.3 Å². The fraction of sp³-hybridized carbons (Fsp3) is 0.375. The molecule has 3 aromatic heterocycles. The monoisotopic (exact) mass is 361 g/mol. The molecule has 1 N–H and O–H groups in total. The predicted octanol–water partition coefficient (Wildman–Crippen LogP) is 1.75. The zero-order valence-corrected chi connectivity index (χ0v) is 14.9. The minimum Gasteiger partial charge on any atom is -0.475 e. The third-order valence-corrected chi connectivity index (χ3v) is 4.31. The second-order valence-electron chi connectivity index (χ2n) is 5.24. The Morgan fingerprint density at radius 2 is 2.20 bits per heavy atom. The van der Waals surface area contributed by atoms with Crippen molar-refractivity contribution in [2.24, 2.45) is 0 Å². The van der Waals surface area contributed by atoms with Gasteiger partial charge in [-0.3, -0.25) is 4.79 Å². The first-order chi connectivity index (χ1) is 12.2. The summed E-state index contributed by atoms with van der Waals surface area (Å²) in [5.74, 6) is 0.559. The summed E-state index contributed by atoms with van der Waals surface area (Å²) in [6.07, 6.45) is 2.46. The Hall–Kier alpha value is -2.52. The van der Waals surface area contributed by atoms with E-state index in [2.05, 4.69) is 20.4 Å². The molecular formula is C16H19N5O3S. The number of aryl methyl sites for hydroxylation is 1. The van der Waals surface area contributed by atoms with Crippen LogP contribution in [0.4, 0.5) is 5.13 Å². The molecule has 0 aliphatic rings. The number of aromatic nitrogens is 4. The molecule has 0 radical (unpaired) electrons. The van der Waals surface area contributed by atoms with Crippen molar-refractivity contribution in [2.45, 2.75) is 19.9 Å². The van der Waals surface area contributed by atoms with Gasteiger partial charge in [0, 0.05) is 37.7 Å². The van der Waals surface area contributed by atoms with Crippen LogP contribution >= 0.6 is 11.3 Å². The van der Waals surface area contributed by atoms with Crippen LogP contribution in [0.1, 0.15) is 18.2 Å². The van der Waals surface area contributed by atoms with Crippen LogP contribution in [0.3, 0.4) is 0 Å². The third-order valence-electron chi connectivity index (χ3n) is 3.44. The number of nitrogens with one attached hydrogen (secondary N) is 1. The first-order valence-electron chi connectivity index (χ1n) is 7.90. The molecule has 25 heavy (non-hydrogen) atoms. The van der Waals surface area contributed by atoms with Crippen LogP contribution in [-0.2, 0) is 17.7 Å².